The largest absolute Gasteiger partial charge is 0.490 e. The zero-order valence-corrected chi connectivity index (χ0v) is 18.9. The average molecular weight is 509 g/mol. The predicted octanol–water partition coefficient (Wildman–Crippen LogP) is 2.73. The summed E-state index contributed by atoms with van der Waals surface area (Å²) in [5.41, 5.74) is 3.50. The summed E-state index contributed by atoms with van der Waals surface area (Å²) < 4.78 is 69.2. The van der Waals surface area contributed by atoms with Crippen LogP contribution < -0.4 is 0 Å². The highest BCUT2D eigenvalue weighted by Gasteiger charge is 2.50. The number of likely N-dealkylation sites (tertiary alicyclic amines) is 1. The lowest BCUT2D eigenvalue weighted by molar-refractivity contribution is -0.193. The van der Waals surface area contributed by atoms with E-state index >= 15 is 0 Å². The van der Waals surface area contributed by atoms with Gasteiger partial charge in [-0.25, -0.2) is 14.6 Å². The molecule has 0 aromatic carbocycles. The molecule has 2 saturated heterocycles. The van der Waals surface area contributed by atoms with Crippen LogP contribution in [0.5, 0.6) is 0 Å². The highest BCUT2D eigenvalue weighted by Crippen LogP contribution is 2.42. The van der Waals surface area contributed by atoms with Crippen LogP contribution in [-0.2, 0) is 20.9 Å². The normalized spacial score (nSPS) is 22.8. The van der Waals surface area contributed by atoms with Crippen molar-refractivity contribution in [3.63, 3.8) is 0 Å². The fourth-order valence-corrected chi connectivity index (χ4v) is 4.42. The first-order valence-corrected chi connectivity index (χ1v) is 10.3. The van der Waals surface area contributed by atoms with Crippen LogP contribution in [0.25, 0.3) is 0 Å². The Morgan fingerprint density at radius 3 is 2.12 bits per heavy atom. The molecule has 2 N–H and O–H groups in total. The zero-order chi connectivity index (χ0) is 25.6. The van der Waals surface area contributed by atoms with Gasteiger partial charge in [0.05, 0.1) is 24.4 Å². The first kappa shape index (κ1) is 29.1. The van der Waals surface area contributed by atoms with Crippen LogP contribution in [0.4, 0.5) is 26.3 Å². The van der Waals surface area contributed by atoms with E-state index in [9.17, 15) is 26.3 Å². The van der Waals surface area contributed by atoms with Gasteiger partial charge >= 0.3 is 24.3 Å². The fourth-order valence-electron chi connectivity index (χ4n) is 3.60. The Morgan fingerprint density at radius 1 is 1.21 bits per heavy atom. The van der Waals surface area contributed by atoms with Gasteiger partial charge in [0.1, 0.15) is 0 Å². The summed E-state index contributed by atoms with van der Waals surface area (Å²) in [5.74, 6) is -4.82. The Hall–Kier alpha value is -1.97. The third kappa shape index (κ3) is 9.06. The standard InChI is InChI=1S/C14H23N3OS.2C2HF3O2/c1-11-13(19-10-15-11)5-17-4-12-6-18-9-14(12,8-17)7-16(2)3;2*3-2(4,5)1(6)7/h10,12H,4-9H2,1-3H3;2*(H,6,7)/t12-,14+;;/m1../s1. The molecule has 3 heterocycles. The number of carboxylic acid groups (broad SMARTS) is 2. The molecule has 15 heteroatoms. The maximum atomic E-state index is 10.6. The van der Waals surface area contributed by atoms with E-state index in [2.05, 4.69) is 35.8 Å². The van der Waals surface area contributed by atoms with Crippen LogP contribution in [0.15, 0.2) is 5.51 Å². The predicted molar refractivity (Wildman–Crippen MR) is 105 cm³/mol. The zero-order valence-electron chi connectivity index (χ0n) is 18.0. The number of fused-ring (bicyclic) bond motifs is 1. The minimum Gasteiger partial charge on any atom is -0.475 e. The average Bonchev–Trinajstić information content (AvgIpc) is 3.28. The third-order valence-electron chi connectivity index (χ3n) is 4.92. The number of thiazole rings is 1. The molecule has 0 unspecified atom stereocenters. The minimum atomic E-state index is -5.08. The van der Waals surface area contributed by atoms with Gasteiger partial charge in [0, 0.05) is 42.4 Å². The molecule has 190 valence electrons. The first-order chi connectivity index (χ1) is 15.0. The van der Waals surface area contributed by atoms with Gasteiger partial charge in [-0.05, 0) is 21.0 Å². The molecule has 0 saturated carbocycles. The Morgan fingerprint density at radius 2 is 1.73 bits per heavy atom. The lowest BCUT2D eigenvalue weighted by Gasteiger charge is -2.30. The van der Waals surface area contributed by atoms with E-state index in [-0.39, 0.29) is 0 Å². The van der Waals surface area contributed by atoms with Crippen molar-refractivity contribution in [2.45, 2.75) is 25.8 Å². The van der Waals surface area contributed by atoms with E-state index in [4.69, 9.17) is 24.5 Å². The molecule has 2 aliphatic heterocycles. The lowest BCUT2D eigenvalue weighted by atomic mass is 9.81. The molecule has 0 radical (unpaired) electrons. The van der Waals surface area contributed by atoms with Gasteiger partial charge in [0.25, 0.3) is 0 Å². The second-order valence-electron chi connectivity index (χ2n) is 7.95. The number of alkyl halides is 6. The maximum Gasteiger partial charge on any atom is 0.490 e. The number of rotatable bonds is 4. The van der Waals surface area contributed by atoms with Gasteiger partial charge in [0.15, 0.2) is 0 Å². The third-order valence-corrected chi connectivity index (χ3v) is 5.84. The van der Waals surface area contributed by atoms with E-state index in [1.807, 2.05) is 5.51 Å². The first-order valence-electron chi connectivity index (χ1n) is 9.42. The van der Waals surface area contributed by atoms with Crippen molar-refractivity contribution in [1.82, 2.24) is 14.8 Å². The summed E-state index contributed by atoms with van der Waals surface area (Å²) in [7, 11) is 4.33. The topological polar surface area (TPSA) is 103 Å². The number of ether oxygens (including phenoxy) is 1. The number of aromatic nitrogens is 1. The molecule has 0 amide bonds. The monoisotopic (exact) mass is 509 g/mol. The van der Waals surface area contributed by atoms with Crippen molar-refractivity contribution >= 4 is 23.3 Å². The van der Waals surface area contributed by atoms with E-state index in [1.54, 1.807) is 11.3 Å². The molecule has 0 spiro atoms. The smallest absolute Gasteiger partial charge is 0.475 e. The van der Waals surface area contributed by atoms with E-state index in [1.165, 1.54) is 17.1 Å². The van der Waals surface area contributed by atoms with Crippen LogP contribution in [0, 0.1) is 18.3 Å². The molecule has 2 aliphatic rings. The van der Waals surface area contributed by atoms with E-state index < -0.39 is 24.3 Å². The molecule has 33 heavy (non-hydrogen) atoms. The number of hydrogen-bond acceptors (Lipinski definition) is 7. The Kier molecular flexibility index (Phi) is 10.1. The number of carbonyl (C=O) groups is 2. The lowest BCUT2D eigenvalue weighted by Crippen LogP contribution is -2.40. The molecule has 2 fully saturated rings. The Labute approximate surface area is 189 Å². The highest BCUT2D eigenvalue weighted by molar-refractivity contribution is 7.09. The van der Waals surface area contributed by atoms with Gasteiger partial charge in [0.2, 0.25) is 0 Å². The quantitative estimate of drug-likeness (QED) is 0.598. The van der Waals surface area contributed by atoms with Gasteiger partial charge in [-0.15, -0.1) is 11.3 Å². The van der Waals surface area contributed by atoms with Crippen molar-refractivity contribution in [1.29, 1.82) is 0 Å². The second kappa shape index (κ2) is 11.4. The van der Waals surface area contributed by atoms with E-state index in [0.29, 0.717) is 11.3 Å². The summed E-state index contributed by atoms with van der Waals surface area (Å²) in [6, 6.07) is 0. The number of carboxylic acids is 2. The SMILES string of the molecule is Cc1ncsc1CN1C[C@@H]2COC[C@]2(CN(C)C)C1.O=C(O)C(F)(F)F.O=C(O)C(F)(F)F. The molecule has 1 aromatic heterocycles. The van der Waals surface area contributed by atoms with Crippen LogP contribution in [0.3, 0.4) is 0 Å². The minimum absolute atomic E-state index is 0.349. The summed E-state index contributed by atoms with van der Waals surface area (Å²) in [5, 5.41) is 14.2. The Bertz CT molecular complexity index is 777. The van der Waals surface area contributed by atoms with Gasteiger partial charge in [-0.3, -0.25) is 4.90 Å². The number of aryl methyl sites for hydroxylation is 1. The van der Waals surface area contributed by atoms with Gasteiger partial charge in [-0.1, -0.05) is 0 Å². The van der Waals surface area contributed by atoms with Crippen molar-refractivity contribution in [3.8, 4) is 0 Å². The fraction of sp³-hybridized carbons (Fsp3) is 0.722. The molecule has 2 atom stereocenters. The molecular weight excluding hydrogens is 484 g/mol. The van der Waals surface area contributed by atoms with Gasteiger partial charge < -0.3 is 19.8 Å². The van der Waals surface area contributed by atoms with Crippen LogP contribution >= 0.6 is 11.3 Å². The molecule has 0 aliphatic carbocycles. The Balaban J connectivity index is 0.000000324. The molecular formula is C18H25F6N3O5S. The van der Waals surface area contributed by atoms with E-state index in [0.717, 1.165) is 32.8 Å². The summed E-state index contributed by atoms with van der Waals surface area (Å²) in [6.07, 6.45) is -10.2. The summed E-state index contributed by atoms with van der Waals surface area (Å²) in [6.45, 7) is 8.50. The number of halogens is 6. The van der Waals surface area contributed by atoms with Crippen LogP contribution in [0.1, 0.15) is 10.6 Å². The van der Waals surface area contributed by atoms with Crippen LogP contribution in [-0.4, -0.2) is 96.2 Å². The van der Waals surface area contributed by atoms with Crippen molar-refractivity contribution in [2.75, 3.05) is 46.9 Å². The number of nitrogens with zero attached hydrogens (tertiary/aromatic N) is 3. The molecule has 8 nitrogen and oxygen atoms in total. The summed E-state index contributed by atoms with van der Waals surface area (Å²) in [4.78, 5) is 28.5. The van der Waals surface area contributed by atoms with Crippen LogP contribution in [0.2, 0.25) is 0 Å². The molecule has 1 aromatic rings. The van der Waals surface area contributed by atoms with Crippen molar-refractivity contribution in [3.05, 3.63) is 16.1 Å². The number of hydrogen-bond donors (Lipinski definition) is 2. The van der Waals surface area contributed by atoms with Gasteiger partial charge in [-0.2, -0.15) is 26.3 Å². The van der Waals surface area contributed by atoms with Crippen molar-refractivity contribution < 1.29 is 50.9 Å². The summed E-state index contributed by atoms with van der Waals surface area (Å²) >= 11 is 1.78. The maximum absolute atomic E-state index is 10.6. The molecule has 0 bridgehead atoms. The second-order valence-corrected chi connectivity index (χ2v) is 8.89. The highest BCUT2D eigenvalue weighted by atomic mass is 32.1. The molecule has 3 rings (SSSR count). The number of aliphatic carboxylic acids is 2. The van der Waals surface area contributed by atoms with Crippen molar-refractivity contribution in [2.24, 2.45) is 11.3 Å².